The predicted octanol–water partition coefficient (Wildman–Crippen LogP) is 5.03. The fourth-order valence-electron chi connectivity index (χ4n) is 3.50. The van der Waals surface area contributed by atoms with Gasteiger partial charge in [-0.3, -0.25) is 14.4 Å². The van der Waals surface area contributed by atoms with E-state index in [-0.39, 0.29) is 39.5 Å². The van der Waals surface area contributed by atoms with Crippen molar-refractivity contribution in [1.82, 2.24) is 0 Å². The van der Waals surface area contributed by atoms with Gasteiger partial charge in [-0.2, -0.15) is 18.4 Å². The van der Waals surface area contributed by atoms with Crippen molar-refractivity contribution in [3.63, 3.8) is 0 Å². The number of amides is 1. The number of ketones is 2. The van der Waals surface area contributed by atoms with E-state index >= 15 is 0 Å². The smallest absolute Gasteiger partial charge is 0.321 e. The highest BCUT2D eigenvalue weighted by molar-refractivity contribution is 6.28. The van der Waals surface area contributed by atoms with Gasteiger partial charge in [0, 0.05) is 27.9 Å². The number of anilines is 1. The molecule has 0 saturated heterocycles. The number of carbonyl (C=O) groups excluding carboxylic acids is 3. The number of hydrogen-bond donors (Lipinski definition) is 1. The molecule has 0 unspecified atom stereocenters. The molecule has 0 spiro atoms. The quantitative estimate of drug-likeness (QED) is 0.353. The van der Waals surface area contributed by atoms with Crippen molar-refractivity contribution < 1.29 is 27.6 Å². The lowest BCUT2D eigenvalue weighted by Gasteiger charge is -2.18. The van der Waals surface area contributed by atoms with Crippen LogP contribution < -0.4 is 5.32 Å². The molecule has 1 aliphatic rings. The highest BCUT2D eigenvalue weighted by Gasteiger charge is 2.31. The molecule has 33 heavy (non-hydrogen) atoms. The first-order chi connectivity index (χ1) is 15.7. The molecule has 0 atom stereocenters. The van der Waals surface area contributed by atoms with Crippen molar-refractivity contribution >= 4 is 29.2 Å². The molecule has 0 aromatic heterocycles. The van der Waals surface area contributed by atoms with Gasteiger partial charge < -0.3 is 5.32 Å². The van der Waals surface area contributed by atoms with Crippen LogP contribution in [0, 0.1) is 11.3 Å². The summed E-state index contributed by atoms with van der Waals surface area (Å²) >= 11 is 0. The third kappa shape index (κ3) is 4.16. The summed E-state index contributed by atoms with van der Waals surface area (Å²) in [5, 5.41) is 11.8. The third-order valence-electron chi connectivity index (χ3n) is 5.07. The zero-order chi connectivity index (χ0) is 23.8. The van der Waals surface area contributed by atoms with Crippen molar-refractivity contribution in [1.29, 1.82) is 5.26 Å². The van der Waals surface area contributed by atoms with Gasteiger partial charge in [-0.25, -0.2) is 0 Å². The van der Waals surface area contributed by atoms with E-state index in [0.717, 1.165) is 18.2 Å². The fraction of sp³-hybridized carbons (Fsp3) is 0.0400. The number of nitriles is 1. The molecule has 0 heterocycles. The molecule has 1 aliphatic carbocycles. The minimum absolute atomic E-state index is 0.0272. The van der Waals surface area contributed by atoms with Crippen LogP contribution in [0.5, 0.6) is 0 Å². The Bertz CT molecular complexity index is 1400. The van der Waals surface area contributed by atoms with Crippen LogP contribution in [0.4, 0.5) is 18.9 Å². The van der Waals surface area contributed by atoms with E-state index in [1.54, 1.807) is 24.3 Å². The largest absolute Gasteiger partial charge is 0.416 e. The average Bonchev–Trinajstić information content (AvgIpc) is 2.80. The molecule has 1 amide bonds. The monoisotopic (exact) mass is 446 g/mol. The summed E-state index contributed by atoms with van der Waals surface area (Å²) in [6.07, 6.45) is -3.53. The van der Waals surface area contributed by atoms with Gasteiger partial charge in [0.2, 0.25) is 0 Å². The van der Waals surface area contributed by atoms with E-state index in [1.165, 1.54) is 36.4 Å². The molecular weight excluding hydrogens is 433 g/mol. The number of benzene rings is 3. The van der Waals surface area contributed by atoms with Crippen LogP contribution in [-0.4, -0.2) is 17.5 Å². The SMILES string of the molecule is N#CC(=Cc1cccc(C(F)(F)F)c1)C(=O)Nc1ccc2c(c1)C(=O)c1ccccc1C2=O. The highest BCUT2D eigenvalue weighted by Crippen LogP contribution is 2.31. The summed E-state index contributed by atoms with van der Waals surface area (Å²) in [6.45, 7) is 0. The number of nitrogens with one attached hydrogen (secondary N) is 1. The van der Waals surface area contributed by atoms with Crippen LogP contribution in [0.1, 0.15) is 43.0 Å². The van der Waals surface area contributed by atoms with Crippen molar-refractivity contribution in [2.24, 2.45) is 0 Å². The van der Waals surface area contributed by atoms with Crippen molar-refractivity contribution in [2.75, 3.05) is 5.32 Å². The van der Waals surface area contributed by atoms with E-state index < -0.39 is 23.2 Å². The summed E-state index contributed by atoms with van der Waals surface area (Å²) in [5.41, 5.74) is -0.313. The predicted molar refractivity (Wildman–Crippen MR) is 113 cm³/mol. The first-order valence-electron chi connectivity index (χ1n) is 9.62. The first-order valence-corrected chi connectivity index (χ1v) is 9.62. The second-order valence-corrected chi connectivity index (χ2v) is 7.21. The Balaban J connectivity index is 1.61. The van der Waals surface area contributed by atoms with E-state index in [9.17, 15) is 32.8 Å². The van der Waals surface area contributed by atoms with Crippen LogP contribution >= 0.6 is 0 Å². The number of fused-ring (bicyclic) bond motifs is 2. The molecular formula is C25H13F3N2O3. The summed E-state index contributed by atoms with van der Waals surface area (Å²) in [4.78, 5) is 38.1. The molecule has 4 rings (SSSR count). The Hall–Kier alpha value is -4.51. The molecule has 0 aliphatic heterocycles. The first kappa shape index (κ1) is 21.7. The number of nitrogens with zero attached hydrogens (tertiary/aromatic N) is 1. The van der Waals surface area contributed by atoms with Gasteiger partial charge in [-0.05, 0) is 42.0 Å². The van der Waals surface area contributed by atoms with E-state index in [0.29, 0.717) is 5.56 Å². The normalized spacial score (nSPS) is 13.1. The fourth-order valence-corrected chi connectivity index (χ4v) is 3.50. The zero-order valence-corrected chi connectivity index (χ0v) is 16.7. The summed E-state index contributed by atoms with van der Waals surface area (Å²) in [5.74, 6) is -1.57. The molecule has 3 aromatic rings. The minimum Gasteiger partial charge on any atom is -0.321 e. The number of alkyl halides is 3. The molecule has 162 valence electrons. The van der Waals surface area contributed by atoms with Gasteiger partial charge in [0.1, 0.15) is 11.6 Å². The third-order valence-corrected chi connectivity index (χ3v) is 5.07. The maximum absolute atomic E-state index is 12.9. The second-order valence-electron chi connectivity index (χ2n) is 7.21. The van der Waals surface area contributed by atoms with E-state index in [2.05, 4.69) is 5.32 Å². The van der Waals surface area contributed by atoms with Gasteiger partial charge in [-0.15, -0.1) is 0 Å². The standard InChI is InChI=1S/C25H13F3N2O3/c26-25(27,28)16-5-3-4-14(11-16)10-15(13-29)24(33)30-17-8-9-20-21(12-17)23(32)19-7-2-1-6-18(19)22(20)31/h1-12H,(H,30,33). The van der Waals surface area contributed by atoms with Crippen LogP contribution in [0.2, 0.25) is 0 Å². The van der Waals surface area contributed by atoms with Crippen LogP contribution in [0.3, 0.4) is 0 Å². The lowest BCUT2D eigenvalue weighted by atomic mass is 9.84. The molecule has 5 nitrogen and oxygen atoms in total. The van der Waals surface area contributed by atoms with E-state index in [1.807, 2.05) is 0 Å². The molecule has 8 heteroatoms. The Kier molecular flexibility index (Phi) is 5.40. The second kappa shape index (κ2) is 8.20. The lowest BCUT2D eigenvalue weighted by Crippen LogP contribution is -2.21. The summed E-state index contributed by atoms with van der Waals surface area (Å²) < 4.78 is 38.7. The van der Waals surface area contributed by atoms with E-state index in [4.69, 9.17) is 0 Å². The molecule has 0 saturated carbocycles. The Morgan fingerprint density at radius 3 is 2.12 bits per heavy atom. The highest BCUT2D eigenvalue weighted by atomic mass is 19.4. The van der Waals surface area contributed by atoms with Gasteiger partial charge in [0.05, 0.1) is 5.56 Å². The molecule has 3 aromatic carbocycles. The maximum Gasteiger partial charge on any atom is 0.416 e. The number of rotatable bonds is 3. The van der Waals surface area contributed by atoms with Gasteiger partial charge in [-0.1, -0.05) is 36.4 Å². The Labute approximate surface area is 185 Å². The van der Waals surface area contributed by atoms with Crippen molar-refractivity contribution in [2.45, 2.75) is 6.18 Å². The summed E-state index contributed by atoms with van der Waals surface area (Å²) in [7, 11) is 0. The number of halogens is 3. The molecule has 0 radical (unpaired) electrons. The van der Waals surface area contributed by atoms with Crippen LogP contribution in [-0.2, 0) is 11.0 Å². The molecule has 1 N–H and O–H groups in total. The number of carbonyl (C=O) groups is 3. The van der Waals surface area contributed by atoms with Gasteiger partial charge >= 0.3 is 6.18 Å². The Morgan fingerprint density at radius 1 is 0.848 bits per heavy atom. The zero-order valence-electron chi connectivity index (χ0n) is 16.7. The molecule has 0 bridgehead atoms. The average molecular weight is 446 g/mol. The minimum atomic E-state index is -4.56. The molecule has 0 fully saturated rings. The van der Waals surface area contributed by atoms with Crippen molar-refractivity contribution in [3.8, 4) is 6.07 Å². The lowest BCUT2D eigenvalue weighted by molar-refractivity contribution is -0.137. The maximum atomic E-state index is 12.9. The van der Waals surface area contributed by atoms with Crippen molar-refractivity contribution in [3.05, 3.63) is 106 Å². The number of hydrogen-bond acceptors (Lipinski definition) is 4. The van der Waals surface area contributed by atoms with Crippen LogP contribution in [0.25, 0.3) is 6.08 Å². The van der Waals surface area contributed by atoms with Crippen LogP contribution in [0.15, 0.2) is 72.3 Å². The summed E-state index contributed by atoms with van der Waals surface area (Å²) in [6, 6.07) is 16.4. The Morgan fingerprint density at radius 2 is 1.48 bits per heavy atom. The van der Waals surface area contributed by atoms with Gasteiger partial charge in [0.25, 0.3) is 5.91 Å². The van der Waals surface area contributed by atoms with Gasteiger partial charge in [0.15, 0.2) is 11.6 Å². The topological polar surface area (TPSA) is 87.0 Å².